The third-order valence-electron chi connectivity index (χ3n) is 2.79. The lowest BCUT2D eigenvalue weighted by Gasteiger charge is -2.12. The number of hydrogen-bond acceptors (Lipinski definition) is 1. The van der Waals surface area contributed by atoms with Crippen molar-refractivity contribution in [3.8, 4) is 0 Å². The summed E-state index contributed by atoms with van der Waals surface area (Å²) in [5, 5.41) is 2.56. The molecular weight excluding hydrogens is 250 g/mol. The second kappa shape index (κ2) is 4.33. The molecule has 1 unspecified atom stereocenters. The lowest BCUT2D eigenvalue weighted by molar-refractivity contribution is 0.781. The van der Waals surface area contributed by atoms with E-state index in [1.54, 1.807) is 0 Å². The monoisotopic (exact) mass is 263 g/mol. The number of hydrogen-bond donors (Lipinski definition) is 1. The largest absolute Gasteiger partial charge is 0.330 e. The summed E-state index contributed by atoms with van der Waals surface area (Å²) < 4.78 is 1.14. The van der Waals surface area contributed by atoms with E-state index in [1.165, 1.54) is 16.3 Å². The van der Waals surface area contributed by atoms with Crippen LogP contribution in [0.5, 0.6) is 0 Å². The average molecular weight is 264 g/mol. The molecule has 2 aromatic rings. The van der Waals surface area contributed by atoms with Gasteiger partial charge in [-0.05, 0) is 34.9 Å². The number of halogens is 1. The molecule has 0 aliphatic heterocycles. The summed E-state index contributed by atoms with van der Waals surface area (Å²) in [7, 11) is 0. The zero-order chi connectivity index (χ0) is 10.8. The molecule has 1 atom stereocenters. The van der Waals surface area contributed by atoms with Crippen molar-refractivity contribution >= 4 is 26.7 Å². The molecule has 0 heterocycles. The van der Waals surface area contributed by atoms with Crippen molar-refractivity contribution in [2.24, 2.45) is 5.73 Å². The Hall–Kier alpha value is -0.860. The minimum atomic E-state index is 0.406. The highest BCUT2D eigenvalue weighted by Crippen LogP contribution is 2.29. The van der Waals surface area contributed by atoms with Crippen LogP contribution in [0.2, 0.25) is 0 Å². The van der Waals surface area contributed by atoms with Crippen LogP contribution in [0.1, 0.15) is 18.4 Å². The average Bonchev–Trinajstić information content (AvgIpc) is 2.28. The highest BCUT2D eigenvalue weighted by atomic mass is 79.9. The third kappa shape index (κ3) is 1.92. The van der Waals surface area contributed by atoms with Gasteiger partial charge >= 0.3 is 0 Å². The van der Waals surface area contributed by atoms with Crippen LogP contribution in [0.3, 0.4) is 0 Å². The van der Waals surface area contributed by atoms with E-state index in [-0.39, 0.29) is 0 Å². The van der Waals surface area contributed by atoms with Gasteiger partial charge in [0, 0.05) is 4.47 Å². The quantitative estimate of drug-likeness (QED) is 0.880. The minimum Gasteiger partial charge on any atom is -0.330 e. The molecule has 0 aliphatic carbocycles. The maximum absolute atomic E-state index is 5.72. The molecule has 78 valence electrons. The standard InChI is InChI=1S/C13H14BrN/c1-9(8-15)10-4-2-6-12-11(10)5-3-7-13(12)14/h2-7,9H,8,15H2,1H3. The molecule has 2 heteroatoms. The molecule has 1 nitrogen and oxygen atoms in total. The van der Waals surface area contributed by atoms with Gasteiger partial charge in [0.2, 0.25) is 0 Å². The van der Waals surface area contributed by atoms with Crippen molar-refractivity contribution in [3.05, 3.63) is 46.4 Å². The number of fused-ring (bicyclic) bond motifs is 1. The van der Waals surface area contributed by atoms with Crippen molar-refractivity contribution in [1.29, 1.82) is 0 Å². The zero-order valence-corrected chi connectivity index (χ0v) is 10.3. The summed E-state index contributed by atoms with van der Waals surface area (Å²) in [6.07, 6.45) is 0. The van der Waals surface area contributed by atoms with Crippen LogP contribution in [0.4, 0.5) is 0 Å². The zero-order valence-electron chi connectivity index (χ0n) is 8.70. The lowest BCUT2D eigenvalue weighted by Crippen LogP contribution is -2.09. The molecule has 15 heavy (non-hydrogen) atoms. The highest BCUT2D eigenvalue weighted by molar-refractivity contribution is 9.10. The van der Waals surface area contributed by atoms with Gasteiger partial charge in [0.05, 0.1) is 0 Å². The number of rotatable bonds is 2. The molecule has 0 fully saturated rings. The summed E-state index contributed by atoms with van der Waals surface area (Å²) >= 11 is 3.57. The van der Waals surface area contributed by atoms with Gasteiger partial charge in [0.1, 0.15) is 0 Å². The number of benzene rings is 2. The Morgan fingerprint density at radius 3 is 2.53 bits per heavy atom. The Balaban J connectivity index is 2.71. The van der Waals surface area contributed by atoms with E-state index in [2.05, 4.69) is 59.3 Å². The van der Waals surface area contributed by atoms with Gasteiger partial charge in [0.15, 0.2) is 0 Å². The van der Waals surface area contributed by atoms with E-state index in [1.807, 2.05) is 0 Å². The first kappa shape index (κ1) is 10.7. The summed E-state index contributed by atoms with van der Waals surface area (Å²) in [4.78, 5) is 0. The minimum absolute atomic E-state index is 0.406. The fraction of sp³-hybridized carbons (Fsp3) is 0.231. The molecule has 0 saturated carbocycles. The molecule has 2 rings (SSSR count). The van der Waals surface area contributed by atoms with Gasteiger partial charge in [-0.1, -0.05) is 53.2 Å². The molecule has 0 spiro atoms. The molecular formula is C13H14BrN. The van der Waals surface area contributed by atoms with E-state index >= 15 is 0 Å². The smallest absolute Gasteiger partial charge is 0.0253 e. The summed E-state index contributed by atoms with van der Waals surface area (Å²) in [6, 6.07) is 12.7. The molecule has 0 aliphatic rings. The molecule has 2 aromatic carbocycles. The Bertz CT molecular complexity index is 479. The second-order valence-electron chi connectivity index (χ2n) is 3.82. The van der Waals surface area contributed by atoms with E-state index in [0.29, 0.717) is 12.5 Å². The van der Waals surface area contributed by atoms with Crippen molar-refractivity contribution in [2.75, 3.05) is 6.54 Å². The van der Waals surface area contributed by atoms with Gasteiger partial charge in [-0.25, -0.2) is 0 Å². The summed E-state index contributed by atoms with van der Waals surface area (Å²) in [6.45, 7) is 2.85. The lowest BCUT2D eigenvalue weighted by atomic mass is 9.95. The molecule has 0 bridgehead atoms. The Kier molecular flexibility index (Phi) is 3.08. The third-order valence-corrected chi connectivity index (χ3v) is 3.48. The Morgan fingerprint density at radius 1 is 1.13 bits per heavy atom. The van der Waals surface area contributed by atoms with E-state index in [9.17, 15) is 0 Å². The van der Waals surface area contributed by atoms with E-state index in [0.717, 1.165) is 4.47 Å². The SMILES string of the molecule is CC(CN)c1cccc2c(Br)cccc12. The Morgan fingerprint density at radius 2 is 1.80 bits per heavy atom. The van der Waals surface area contributed by atoms with Crippen LogP contribution < -0.4 is 5.73 Å². The second-order valence-corrected chi connectivity index (χ2v) is 4.67. The van der Waals surface area contributed by atoms with Gasteiger partial charge in [-0.15, -0.1) is 0 Å². The van der Waals surface area contributed by atoms with Gasteiger partial charge in [-0.2, -0.15) is 0 Å². The van der Waals surface area contributed by atoms with Crippen LogP contribution in [-0.2, 0) is 0 Å². The van der Waals surface area contributed by atoms with E-state index in [4.69, 9.17) is 5.73 Å². The van der Waals surface area contributed by atoms with Gasteiger partial charge < -0.3 is 5.73 Å². The Labute approximate surface area is 98.4 Å². The predicted octanol–water partition coefficient (Wildman–Crippen LogP) is 3.66. The van der Waals surface area contributed by atoms with Crippen molar-refractivity contribution < 1.29 is 0 Å². The highest BCUT2D eigenvalue weighted by Gasteiger charge is 2.08. The number of nitrogens with two attached hydrogens (primary N) is 1. The molecule has 2 N–H and O–H groups in total. The summed E-state index contributed by atoms with van der Waals surface area (Å²) in [5.41, 5.74) is 7.05. The molecule has 0 aromatic heterocycles. The fourth-order valence-electron chi connectivity index (χ4n) is 1.85. The normalized spacial score (nSPS) is 13.0. The fourth-order valence-corrected chi connectivity index (χ4v) is 2.35. The van der Waals surface area contributed by atoms with Crippen LogP contribution >= 0.6 is 15.9 Å². The van der Waals surface area contributed by atoms with Crippen LogP contribution in [0, 0.1) is 0 Å². The van der Waals surface area contributed by atoms with Crippen molar-refractivity contribution in [1.82, 2.24) is 0 Å². The van der Waals surface area contributed by atoms with Crippen LogP contribution in [0.15, 0.2) is 40.9 Å². The maximum Gasteiger partial charge on any atom is 0.0253 e. The summed E-state index contributed by atoms with van der Waals surface area (Å²) in [5.74, 6) is 0.406. The molecule has 0 radical (unpaired) electrons. The maximum atomic E-state index is 5.72. The van der Waals surface area contributed by atoms with Crippen molar-refractivity contribution in [3.63, 3.8) is 0 Å². The van der Waals surface area contributed by atoms with Crippen LogP contribution in [0.25, 0.3) is 10.8 Å². The van der Waals surface area contributed by atoms with E-state index < -0.39 is 0 Å². The first-order valence-corrected chi connectivity index (χ1v) is 5.90. The first-order valence-electron chi connectivity index (χ1n) is 5.11. The van der Waals surface area contributed by atoms with Crippen molar-refractivity contribution in [2.45, 2.75) is 12.8 Å². The molecule has 0 saturated heterocycles. The molecule has 0 amide bonds. The predicted molar refractivity (Wildman–Crippen MR) is 69.1 cm³/mol. The van der Waals surface area contributed by atoms with Gasteiger partial charge in [0.25, 0.3) is 0 Å². The first-order chi connectivity index (χ1) is 7.24. The topological polar surface area (TPSA) is 26.0 Å². The van der Waals surface area contributed by atoms with Gasteiger partial charge in [-0.3, -0.25) is 0 Å². The van der Waals surface area contributed by atoms with Crippen LogP contribution in [-0.4, -0.2) is 6.54 Å².